The van der Waals surface area contributed by atoms with Crippen LogP contribution in [0.15, 0.2) is 16.8 Å². The summed E-state index contributed by atoms with van der Waals surface area (Å²) in [5.74, 6) is 2.27. The van der Waals surface area contributed by atoms with Gasteiger partial charge in [0, 0.05) is 19.3 Å². The van der Waals surface area contributed by atoms with Gasteiger partial charge >= 0.3 is 0 Å². The van der Waals surface area contributed by atoms with Crippen molar-refractivity contribution in [2.45, 2.75) is 12.8 Å². The summed E-state index contributed by atoms with van der Waals surface area (Å²) in [5, 5.41) is 7.09. The van der Waals surface area contributed by atoms with Gasteiger partial charge in [-0.15, -0.1) is 0 Å². The summed E-state index contributed by atoms with van der Waals surface area (Å²) in [4.78, 5) is 12.6. The topological polar surface area (TPSA) is 76.7 Å². The number of hydrogen-bond donors (Lipinski definition) is 1. The highest BCUT2D eigenvalue weighted by Gasteiger charge is 2.25. The molecule has 1 saturated heterocycles. The van der Waals surface area contributed by atoms with Crippen molar-refractivity contribution < 1.29 is 4.52 Å². The van der Waals surface area contributed by atoms with Crippen molar-refractivity contribution in [3.63, 3.8) is 0 Å². The smallest absolute Gasteiger partial charge is 0.232 e. The lowest BCUT2D eigenvalue weighted by atomic mass is 10.0. The number of hydrogen-bond acceptors (Lipinski definition) is 6. The molecule has 0 bridgehead atoms. The fourth-order valence-corrected chi connectivity index (χ4v) is 1.55. The van der Waals surface area contributed by atoms with Crippen molar-refractivity contribution in [1.29, 1.82) is 0 Å². The lowest BCUT2D eigenvalue weighted by Crippen LogP contribution is -2.40. The number of aryl methyl sites for hydroxylation is 1. The third kappa shape index (κ3) is 1.57. The van der Waals surface area contributed by atoms with E-state index in [0.29, 0.717) is 29.2 Å². The lowest BCUT2D eigenvalue weighted by Gasteiger charge is -2.22. The molecular formula is C10H11N5O. The third-order valence-corrected chi connectivity index (χ3v) is 2.58. The van der Waals surface area contributed by atoms with Crippen molar-refractivity contribution in [2.24, 2.45) is 0 Å². The SMILES string of the molecule is Cc1nccc(-c2noc(C3CNC3)n2)n1. The summed E-state index contributed by atoms with van der Waals surface area (Å²) >= 11 is 0. The first-order valence-corrected chi connectivity index (χ1v) is 5.17. The molecule has 6 heteroatoms. The summed E-state index contributed by atoms with van der Waals surface area (Å²) < 4.78 is 5.20. The first-order chi connectivity index (χ1) is 7.83. The second-order valence-electron chi connectivity index (χ2n) is 3.80. The molecule has 0 saturated carbocycles. The van der Waals surface area contributed by atoms with Gasteiger partial charge in [0.05, 0.1) is 5.92 Å². The molecule has 2 aromatic rings. The first-order valence-electron chi connectivity index (χ1n) is 5.17. The van der Waals surface area contributed by atoms with Crippen LogP contribution >= 0.6 is 0 Å². The van der Waals surface area contributed by atoms with Crippen LogP contribution in [0.4, 0.5) is 0 Å². The predicted molar refractivity (Wildman–Crippen MR) is 55.7 cm³/mol. The third-order valence-electron chi connectivity index (χ3n) is 2.58. The van der Waals surface area contributed by atoms with Gasteiger partial charge in [-0.3, -0.25) is 0 Å². The van der Waals surface area contributed by atoms with E-state index in [1.807, 2.05) is 6.92 Å². The zero-order chi connectivity index (χ0) is 11.0. The minimum Gasteiger partial charge on any atom is -0.339 e. The van der Waals surface area contributed by atoms with Crippen molar-refractivity contribution in [2.75, 3.05) is 13.1 Å². The number of nitrogens with one attached hydrogen (secondary N) is 1. The molecular weight excluding hydrogens is 206 g/mol. The molecule has 82 valence electrons. The number of rotatable bonds is 2. The van der Waals surface area contributed by atoms with Gasteiger partial charge in [-0.25, -0.2) is 9.97 Å². The van der Waals surface area contributed by atoms with Crippen LogP contribution in [0, 0.1) is 6.92 Å². The van der Waals surface area contributed by atoms with Crippen LogP contribution in [-0.4, -0.2) is 33.2 Å². The molecule has 0 radical (unpaired) electrons. The Morgan fingerprint density at radius 1 is 1.38 bits per heavy atom. The maximum Gasteiger partial charge on any atom is 0.232 e. The molecule has 1 aliphatic heterocycles. The largest absolute Gasteiger partial charge is 0.339 e. The molecule has 1 aliphatic rings. The maximum atomic E-state index is 5.20. The molecule has 2 aromatic heterocycles. The van der Waals surface area contributed by atoms with Crippen molar-refractivity contribution in [3.8, 4) is 11.5 Å². The van der Waals surface area contributed by atoms with Crippen molar-refractivity contribution in [1.82, 2.24) is 25.4 Å². The molecule has 0 aliphatic carbocycles. The van der Waals surface area contributed by atoms with Crippen LogP contribution in [0.1, 0.15) is 17.6 Å². The zero-order valence-corrected chi connectivity index (χ0v) is 8.84. The Hall–Kier alpha value is -1.82. The molecule has 0 amide bonds. The van der Waals surface area contributed by atoms with Gasteiger partial charge in [-0.1, -0.05) is 5.16 Å². The van der Waals surface area contributed by atoms with Gasteiger partial charge in [0.2, 0.25) is 11.7 Å². The Labute approximate surface area is 92.1 Å². The summed E-state index contributed by atoms with van der Waals surface area (Å²) in [6, 6.07) is 1.78. The van der Waals surface area contributed by atoms with Gasteiger partial charge in [0.15, 0.2) is 0 Å². The average Bonchev–Trinajstić information content (AvgIpc) is 2.64. The van der Waals surface area contributed by atoms with E-state index in [4.69, 9.17) is 4.52 Å². The monoisotopic (exact) mass is 217 g/mol. The Balaban J connectivity index is 1.91. The summed E-state index contributed by atoms with van der Waals surface area (Å²) in [6.45, 7) is 3.65. The van der Waals surface area contributed by atoms with E-state index >= 15 is 0 Å². The molecule has 0 aromatic carbocycles. The normalized spacial score (nSPS) is 16.1. The fourth-order valence-electron chi connectivity index (χ4n) is 1.55. The highest BCUT2D eigenvalue weighted by Crippen LogP contribution is 2.20. The molecule has 1 N–H and O–H groups in total. The van der Waals surface area contributed by atoms with E-state index in [2.05, 4.69) is 25.4 Å². The van der Waals surface area contributed by atoms with Crippen LogP contribution in [0.3, 0.4) is 0 Å². The van der Waals surface area contributed by atoms with Gasteiger partial charge in [-0.2, -0.15) is 4.98 Å². The Morgan fingerprint density at radius 2 is 2.25 bits per heavy atom. The highest BCUT2D eigenvalue weighted by atomic mass is 16.5. The van der Waals surface area contributed by atoms with Gasteiger partial charge < -0.3 is 9.84 Å². The molecule has 1 fully saturated rings. The molecule has 0 unspecified atom stereocenters. The van der Waals surface area contributed by atoms with E-state index in [0.717, 1.165) is 13.1 Å². The molecule has 3 heterocycles. The molecule has 3 rings (SSSR count). The van der Waals surface area contributed by atoms with Gasteiger partial charge in [-0.05, 0) is 13.0 Å². The van der Waals surface area contributed by atoms with Gasteiger partial charge in [0.25, 0.3) is 0 Å². The minimum atomic E-state index is 0.351. The Bertz CT molecular complexity index is 505. The highest BCUT2D eigenvalue weighted by molar-refractivity contribution is 5.47. The Morgan fingerprint density at radius 3 is 2.94 bits per heavy atom. The van der Waals surface area contributed by atoms with E-state index in [1.165, 1.54) is 0 Å². The van der Waals surface area contributed by atoms with E-state index in [-0.39, 0.29) is 0 Å². The van der Waals surface area contributed by atoms with E-state index in [9.17, 15) is 0 Å². The van der Waals surface area contributed by atoms with E-state index in [1.54, 1.807) is 12.3 Å². The Kier molecular flexibility index (Phi) is 2.14. The quantitative estimate of drug-likeness (QED) is 0.790. The predicted octanol–water partition coefficient (Wildman–Crippen LogP) is 0.522. The van der Waals surface area contributed by atoms with Crippen molar-refractivity contribution in [3.05, 3.63) is 24.0 Å². The minimum absolute atomic E-state index is 0.351. The van der Waals surface area contributed by atoms with Crippen LogP contribution < -0.4 is 5.32 Å². The maximum absolute atomic E-state index is 5.20. The number of aromatic nitrogens is 4. The van der Waals surface area contributed by atoms with Crippen LogP contribution in [0.5, 0.6) is 0 Å². The van der Waals surface area contributed by atoms with E-state index < -0.39 is 0 Å². The first kappa shape index (κ1) is 9.41. The van der Waals surface area contributed by atoms with Gasteiger partial charge in [0.1, 0.15) is 11.5 Å². The zero-order valence-electron chi connectivity index (χ0n) is 8.84. The molecule has 16 heavy (non-hydrogen) atoms. The summed E-state index contributed by atoms with van der Waals surface area (Å²) in [7, 11) is 0. The van der Waals surface area contributed by atoms with Crippen LogP contribution in [0.25, 0.3) is 11.5 Å². The average molecular weight is 217 g/mol. The fraction of sp³-hybridized carbons (Fsp3) is 0.400. The summed E-state index contributed by atoms with van der Waals surface area (Å²) in [6.07, 6.45) is 1.69. The molecule has 0 spiro atoms. The number of nitrogens with zero attached hydrogens (tertiary/aromatic N) is 4. The second-order valence-corrected chi connectivity index (χ2v) is 3.80. The standard InChI is InChI=1S/C10H11N5O/c1-6-12-3-2-8(13-6)9-14-10(16-15-9)7-4-11-5-7/h2-3,7,11H,4-5H2,1H3. The lowest BCUT2D eigenvalue weighted by molar-refractivity contribution is 0.308. The molecule has 0 atom stereocenters. The molecule has 6 nitrogen and oxygen atoms in total. The summed E-state index contributed by atoms with van der Waals surface area (Å²) in [5.41, 5.74) is 0.704. The van der Waals surface area contributed by atoms with Crippen LogP contribution in [-0.2, 0) is 0 Å². The van der Waals surface area contributed by atoms with Crippen LogP contribution in [0.2, 0.25) is 0 Å². The second kappa shape index (κ2) is 3.64. The van der Waals surface area contributed by atoms with Crippen molar-refractivity contribution >= 4 is 0 Å².